The maximum Gasteiger partial charge on any atom is 0.224 e. The number of anilines is 1. The predicted octanol–water partition coefficient (Wildman–Crippen LogP) is 4.22. The zero-order chi connectivity index (χ0) is 16.1. The van der Waals surface area contributed by atoms with Crippen LogP contribution in [0.2, 0.25) is 0 Å². The van der Waals surface area contributed by atoms with E-state index in [-0.39, 0.29) is 5.91 Å². The Hall–Kier alpha value is -2.88. The molecule has 4 nitrogen and oxygen atoms in total. The first-order valence-corrected chi connectivity index (χ1v) is 7.57. The SMILES string of the molecule is Cc1ccc(NC(=O)CCc2ncc(-c3ccccc3)o2)cc1. The number of amides is 1. The minimum atomic E-state index is -0.0479. The number of hydrogen-bond donors (Lipinski definition) is 1. The molecule has 0 bridgehead atoms. The molecule has 3 rings (SSSR count). The van der Waals surface area contributed by atoms with Crippen molar-refractivity contribution in [3.63, 3.8) is 0 Å². The summed E-state index contributed by atoms with van der Waals surface area (Å²) in [6.45, 7) is 2.01. The number of carbonyl (C=O) groups excluding carboxylic acids is 1. The largest absolute Gasteiger partial charge is 0.441 e. The molecule has 0 saturated carbocycles. The fraction of sp³-hybridized carbons (Fsp3) is 0.158. The van der Waals surface area contributed by atoms with E-state index < -0.39 is 0 Å². The van der Waals surface area contributed by atoms with E-state index in [4.69, 9.17) is 4.42 Å². The fourth-order valence-electron chi connectivity index (χ4n) is 2.24. The maximum absolute atomic E-state index is 12.0. The number of benzene rings is 2. The quantitative estimate of drug-likeness (QED) is 0.767. The van der Waals surface area contributed by atoms with Gasteiger partial charge < -0.3 is 9.73 Å². The van der Waals surface area contributed by atoms with Gasteiger partial charge in [-0.3, -0.25) is 4.79 Å². The van der Waals surface area contributed by atoms with Crippen LogP contribution in [0.1, 0.15) is 17.9 Å². The lowest BCUT2D eigenvalue weighted by Gasteiger charge is -2.04. The van der Waals surface area contributed by atoms with Gasteiger partial charge in [0.2, 0.25) is 5.91 Å². The predicted molar refractivity (Wildman–Crippen MR) is 90.1 cm³/mol. The smallest absolute Gasteiger partial charge is 0.224 e. The molecule has 0 aliphatic rings. The monoisotopic (exact) mass is 306 g/mol. The van der Waals surface area contributed by atoms with Crippen LogP contribution < -0.4 is 5.32 Å². The number of hydrogen-bond acceptors (Lipinski definition) is 3. The summed E-state index contributed by atoms with van der Waals surface area (Å²) in [4.78, 5) is 16.2. The van der Waals surface area contributed by atoms with E-state index in [9.17, 15) is 4.79 Å². The van der Waals surface area contributed by atoms with Gasteiger partial charge >= 0.3 is 0 Å². The summed E-state index contributed by atoms with van der Waals surface area (Å²) in [5.41, 5.74) is 2.95. The summed E-state index contributed by atoms with van der Waals surface area (Å²) in [6, 6.07) is 17.5. The van der Waals surface area contributed by atoms with Gasteiger partial charge in [-0.2, -0.15) is 0 Å². The summed E-state index contributed by atoms with van der Waals surface area (Å²) in [5, 5.41) is 2.87. The lowest BCUT2D eigenvalue weighted by molar-refractivity contribution is -0.116. The van der Waals surface area contributed by atoms with Crippen molar-refractivity contribution in [2.75, 3.05) is 5.32 Å². The Balaban J connectivity index is 1.55. The summed E-state index contributed by atoms with van der Waals surface area (Å²) < 4.78 is 5.69. The van der Waals surface area contributed by atoms with E-state index in [2.05, 4.69) is 10.3 Å². The van der Waals surface area contributed by atoms with Gasteiger partial charge in [-0.25, -0.2) is 4.98 Å². The summed E-state index contributed by atoms with van der Waals surface area (Å²) in [7, 11) is 0. The number of aromatic nitrogens is 1. The molecule has 0 radical (unpaired) electrons. The molecular formula is C19H18N2O2. The summed E-state index contributed by atoms with van der Waals surface area (Å²) in [6.07, 6.45) is 2.51. The van der Waals surface area contributed by atoms with E-state index in [1.165, 1.54) is 0 Å². The maximum atomic E-state index is 12.0. The summed E-state index contributed by atoms with van der Waals surface area (Å²) in [5.74, 6) is 1.25. The Morgan fingerprint density at radius 3 is 2.57 bits per heavy atom. The number of carbonyl (C=O) groups is 1. The standard InChI is InChI=1S/C19H18N2O2/c1-14-7-9-16(10-8-14)21-18(22)11-12-19-20-13-17(23-19)15-5-3-2-4-6-15/h2-10,13H,11-12H2,1H3,(H,21,22). The van der Waals surface area contributed by atoms with Gasteiger partial charge in [0.1, 0.15) is 0 Å². The van der Waals surface area contributed by atoms with Crippen molar-refractivity contribution in [2.45, 2.75) is 19.8 Å². The minimum Gasteiger partial charge on any atom is -0.441 e. The van der Waals surface area contributed by atoms with Crippen LogP contribution in [0.25, 0.3) is 11.3 Å². The van der Waals surface area contributed by atoms with Crippen molar-refractivity contribution in [2.24, 2.45) is 0 Å². The van der Waals surface area contributed by atoms with Crippen molar-refractivity contribution in [1.29, 1.82) is 0 Å². The molecular weight excluding hydrogens is 288 g/mol. The third kappa shape index (κ3) is 4.07. The summed E-state index contributed by atoms with van der Waals surface area (Å²) >= 11 is 0. The molecule has 1 aromatic heterocycles. The molecule has 0 unspecified atom stereocenters. The van der Waals surface area contributed by atoms with E-state index >= 15 is 0 Å². The molecule has 2 aromatic carbocycles. The average molecular weight is 306 g/mol. The van der Waals surface area contributed by atoms with E-state index in [0.717, 1.165) is 22.6 Å². The third-order valence-electron chi connectivity index (χ3n) is 3.51. The van der Waals surface area contributed by atoms with Gasteiger partial charge in [0.25, 0.3) is 0 Å². The number of aryl methyl sites for hydroxylation is 2. The van der Waals surface area contributed by atoms with Crippen molar-refractivity contribution < 1.29 is 9.21 Å². The number of rotatable bonds is 5. The molecule has 0 fully saturated rings. The van der Waals surface area contributed by atoms with Gasteiger partial charge in [-0.05, 0) is 19.1 Å². The minimum absolute atomic E-state index is 0.0479. The van der Waals surface area contributed by atoms with Gasteiger partial charge in [0.15, 0.2) is 11.7 Å². The number of oxazole rings is 1. The van der Waals surface area contributed by atoms with Crippen LogP contribution in [0.15, 0.2) is 65.2 Å². The van der Waals surface area contributed by atoms with Crippen LogP contribution >= 0.6 is 0 Å². The molecule has 0 saturated heterocycles. The first-order chi connectivity index (χ1) is 11.2. The second kappa shape index (κ2) is 6.92. The molecule has 1 amide bonds. The van der Waals surface area contributed by atoms with Crippen LogP contribution in [0, 0.1) is 6.92 Å². The van der Waals surface area contributed by atoms with Crippen molar-refractivity contribution >= 4 is 11.6 Å². The molecule has 0 spiro atoms. The zero-order valence-electron chi connectivity index (χ0n) is 13.0. The molecule has 4 heteroatoms. The van der Waals surface area contributed by atoms with Crippen LogP contribution in [-0.4, -0.2) is 10.9 Å². The molecule has 1 heterocycles. The Morgan fingerprint density at radius 1 is 1.09 bits per heavy atom. The highest BCUT2D eigenvalue weighted by Crippen LogP contribution is 2.20. The highest BCUT2D eigenvalue weighted by molar-refractivity contribution is 5.90. The van der Waals surface area contributed by atoms with Gasteiger partial charge in [0, 0.05) is 24.1 Å². The molecule has 23 heavy (non-hydrogen) atoms. The van der Waals surface area contributed by atoms with Crippen LogP contribution in [-0.2, 0) is 11.2 Å². The van der Waals surface area contributed by atoms with Gasteiger partial charge in [-0.15, -0.1) is 0 Å². The normalized spacial score (nSPS) is 10.5. The van der Waals surface area contributed by atoms with Crippen molar-refractivity contribution in [1.82, 2.24) is 4.98 Å². The average Bonchev–Trinajstić information content (AvgIpc) is 3.05. The molecule has 0 aliphatic heterocycles. The fourth-order valence-corrected chi connectivity index (χ4v) is 2.24. The third-order valence-corrected chi connectivity index (χ3v) is 3.51. The molecule has 1 N–H and O–H groups in total. The lowest BCUT2D eigenvalue weighted by Crippen LogP contribution is -2.12. The second-order valence-electron chi connectivity index (χ2n) is 5.40. The number of nitrogens with one attached hydrogen (secondary N) is 1. The van der Waals surface area contributed by atoms with E-state index in [1.54, 1.807) is 6.20 Å². The number of nitrogens with zero attached hydrogens (tertiary/aromatic N) is 1. The highest BCUT2D eigenvalue weighted by atomic mass is 16.4. The van der Waals surface area contributed by atoms with Crippen LogP contribution in [0.3, 0.4) is 0 Å². The van der Waals surface area contributed by atoms with E-state index in [0.29, 0.717) is 18.7 Å². The van der Waals surface area contributed by atoms with Crippen molar-refractivity contribution in [3.8, 4) is 11.3 Å². The molecule has 116 valence electrons. The Morgan fingerprint density at radius 2 is 1.83 bits per heavy atom. The Kier molecular flexibility index (Phi) is 4.52. The Bertz CT molecular complexity index is 777. The van der Waals surface area contributed by atoms with Crippen LogP contribution in [0.4, 0.5) is 5.69 Å². The second-order valence-corrected chi connectivity index (χ2v) is 5.40. The van der Waals surface area contributed by atoms with Crippen LogP contribution in [0.5, 0.6) is 0 Å². The van der Waals surface area contributed by atoms with E-state index in [1.807, 2.05) is 61.5 Å². The topological polar surface area (TPSA) is 55.1 Å². The van der Waals surface area contributed by atoms with Gasteiger partial charge in [0.05, 0.1) is 6.20 Å². The van der Waals surface area contributed by atoms with Crippen molar-refractivity contribution in [3.05, 3.63) is 72.2 Å². The molecule has 3 aromatic rings. The lowest BCUT2D eigenvalue weighted by atomic mass is 10.2. The first kappa shape index (κ1) is 15.0. The first-order valence-electron chi connectivity index (χ1n) is 7.57. The van der Waals surface area contributed by atoms with Gasteiger partial charge in [-0.1, -0.05) is 48.0 Å². The zero-order valence-corrected chi connectivity index (χ0v) is 13.0. The molecule has 0 atom stereocenters. The Labute approximate surface area is 135 Å². The highest BCUT2D eigenvalue weighted by Gasteiger charge is 2.09. The molecule has 0 aliphatic carbocycles.